The molecule has 0 radical (unpaired) electrons. The number of fused-ring (bicyclic) bond motifs is 6. The van der Waals surface area contributed by atoms with Gasteiger partial charge in [0.05, 0.1) is 11.6 Å². The lowest BCUT2D eigenvalue weighted by atomic mass is 9.93. The maximum absolute atomic E-state index is 9.55. The first-order valence-corrected chi connectivity index (χ1v) is 16.1. The van der Waals surface area contributed by atoms with Crippen LogP contribution < -0.4 is 4.90 Å². The molecule has 0 amide bonds. The highest BCUT2D eigenvalue weighted by Crippen LogP contribution is 2.41. The minimum Gasteiger partial charge on any atom is -0.456 e. The van der Waals surface area contributed by atoms with Gasteiger partial charge in [0.2, 0.25) is 0 Å². The summed E-state index contributed by atoms with van der Waals surface area (Å²) >= 11 is 0. The second-order valence-corrected chi connectivity index (χ2v) is 12.1. The van der Waals surface area contributed by atoms with Crippen LogP contribution in [0, 0.1) is 11.3 Å². The maximum atomic E-state index is 9.55. The molecule has 0 saturated heterocycles. The van der Waals surface area contributed by atoms with Gasteiger partial charge >= 0.3 is 0 Å². The molecule has 0 atom stereocenters. The first-order valence-electron chi connectivity index (χ1n) is 16.1. The smallest absolute Gasteiger partial charge is 0.136 e. The van der Waals surface area contributed by atoms with Crippen molar-refractivity contribution in [1.29, 1.82) is 5.26 Å². The summed E-state index contributed by atoms with van der Waals surface area (Å²) in [5.74, 6) is 0. The van der Waals surface area contributed by atoms with Gasteiger partial charge in [-0.1, -0.05) is 103 Å². The molecule has 0 bridgehead atoms. The van der Waals surface area contributed by atoms with Crippen LogP contribution in [0.4, 0.5) is 17.1 Å². The quantitative estimate of drug-likeness (QED) is 0.182. The average Bonchev–Trinajstić information content (AvgIpc) is 3.52. The number of anilines is 3. The highest BCUT2D eigenvalue weighted by atomic mass is 16.3. The minimum absolute atomic E-state index is 0.650. The van der Waals surface area contributed by atoms with Gasteiger partial charge in [0.25, 0.3) is 0 Å². The molecule has 0 unspecified atom stereocenters. The van der Waals surface area contributed by atoms with Gasteiger partial charge in [-0.15, -0.1) is 0 Å². The van der Waals surface area contributed by atoms with Crippen molar-refractivity contribution in [2.45, 2.75) is 0 Å². The van der Waals surface area contributed by atoms with Crippen molar-refractivity contribution < 1.29 is 4.42 Å². The Morgan fingerprint density at radius 3 is 1.90 bits per heavy atom. The van der Waals surface area contributed by atoms with Gasteiger partial charge < -0.3 is 9.32 Å². The normalized spacial score (nSPS) is 11.3. The Balaban J connectivity index is 1.22. The number of rotatable bonds is 5. The zero-order valence-corrected chi connectivity index (χ0v) is 26.0. The van der Waals surface area contributed by atoms with Crippen molar-refractivity contribution in [3.63, 3.8) is 0 Å². The molecule has 1 heterocycles. The lowest BCUT2D eigenvalue weighted by Gasteiger charge is -2.26. The van der Waals surface area contributed by atoms with Crippen LogP contribution in [0.2, 0.25) is 0 Å². The van der Waals surface area contributed by atoms with Crippen LogP contribution in [0.1, 0.15) is 5.56 Å². The van der Waals surface area contributed by atoms with Gasteiger partial charge in [0.1, 0.15) is 11.2 Å². The van der Waals surface area contributed by atoms with Gasteiger partial charge in [-0.05, 0) is 111 Å². The van der Waals surface area contributed by atoms with E-state index in [0.29, 0.717) is 5.56 Å². The molecule has 1 aromatic heterocycles. The lowest BCUT2D eigenvalue weighted by Crippen LogP contribution is -2.10. The Bertz CT molecular complexity index is 2700. The maximum Gasteiger partial charge on any atom is 0.136 e. The lowest BCUT2D eigenvalue weighted by molar-refractivity contribution is 0.669. The van der Waals surface area contributed by atoms with Crippen molar-refractivity contribution in [3.05, 3.63) is 175 Å². The molecular weight excluding hydrogens is 585 g/mol. The molecule has 0 aliphatic rings. The van der Waals surface area contributed by atoms with Crippen LogP contribution in [-0.2, 0) is 0 Å². The van der Waals surface area contributed by atoms with E-state index in [0.717, 1.165) is 66.6 Å². The van der Waals surface area contributed by atoms with Crippen LogP contribution in [0.5, 0.6) is 0 Å². The summed E-state index contributed by atoms with van der Waals surface area (Å²) in [4.78, 5) is 2.33. The summed E-state index contributed by atoms with van der Waals surface area (Å²) in [6.07, 6.45) is 0. The fourth-order valence-electron chi connectivity index (χ4n) is 6.98. The third-order valence-corrected chi connectivity index (χ3v) is 9.24. The molecule has 3 heteroatoms. The largest absolute Gasteiger partial charge is 0.456 e. The molecule has 0 spiro atoms. The number of hydrogen-bond donors (Lipinski definition) is 0. The Labute approximate surface area is 278 Å². The fraction of sp³-hybridized carbons (Fsp3) is 0. The summed E-state index contributed by atoms with van der Waals surface area (Å²) in [5, 5.41) is 16.5. The van der Waals surface area contributed by atoms with Gasteiger partial charge in [0, 0.05) is 27.8 Å². The van der Waals surface area contributed by atoms with Crippen LogP contribution in [-0.4, -0.2) is 0 Å². The van der Waals surface area contributed by atoms with Crippen LogP contribution >= 0.6 is 0 Å². The van der Waals surface area contributed by atoms with Crippen LogP contribution in [0.15, 0.2) is 174 Å². The fourth-order valence-corrected chi connectivity index (χ4v) is 6.98. The summed E-state index contributed by atoms with van der Waals surface area (Å²) in [6.45, 7) is 0. The number of nitriles is 1. The summed E-state index contributed by atoms with van der Waals surface area (Å²) in [5.41, 5.74) is 10.0. The Kier molecular flexibility index (Phi) is 6.52. The second kappa shape index (κ2) is 11.3. The third-order valence-electron chi connectivity index (χ3n) is 9.24. The average molecular weight is 613 g/mol. The number of hydrogen-bond acceptors (Lipinski definition) is 3. The summed E-state index contributed by atoms with van der Waals surface area (Å²) < 4.78 is 6.22. The van der Waals surface area contributed by atoms with E-state index in [2.05, 4.69) is 150 Å². The number of furan rings is 1. The van der Waals surface area contributed by atoms with Gasteiger partial charge in [0.15, 0.2) is 0 Å². The van der Waals surface area contributed by atoms with Crippen molar-refractivity contribution in [2.24, 2.45) is 0 Å². The van der Waals surface area contributed by atoms with E-state index in [1.807, 2.05) is 30.3 Å². The topological polar surface area (TPSA) is 40.2 Å². The van der Waals surface area contributed by atoms with Gasteiger partial charge in [-0.3, -0.25) is 0 Å². The minimum atomic E-state index is 0.650. The molecule has 3 nitrogen and oxygen atoms in total. The molecule has 0 fully saturated rings. The monoisotopic (exact) mass is 612 g/mol. The van der Waals surface area contributed by atoms with Crippen molar-refractivity contribution >= 4 is 60.5 Å². The van der Waals surface area contributed by atoms with Crippen molar-refractivity contribution in [1.82, 2.24) is 0 Å². The molecular formula is C45H28N2O. The number of nitrogens with zero attached hydrogens (tertiary/aromatic N) is 2. The molecule has 224 valence electrons. The highest BCUT2D eigenvalue weighted by molar-refractivity contribution is 6.17. The third kappa shape index (κ3) is 4.67. The predicted octanol–water partition coefficient (Wildman–Crippen LogP) is 12.6. The van der Waals surface area contributed by atoms with E-state index in [4.69, 9.17) is 4.42 Å². The first kappa shape index (κ1) is 27.7. The molecule has 48 heavy (non-hydrogen) atoms. The molecule has 0 saturated carbocycles. The van der Waals surface area contributed by atoms with E-state index in [-0.39, 0.29) is 0 Å². The SMILES string of the molecule is N#Cc1cccc(-c2ccccc2-c2cccc(N(c3ccccc3)c3ccc4ccc5cc6oc7ccccc7c6cc5c4c3)c2)c1. The molecule has 8 aromatic carbocycles. The van der Waals surface area contributed by atoms with Crippen LogP contribution in [0.25, 0.3) is 65.7 Å². The zero-order chi connectivity index (χ0) is 32.0. The standard InChI is InChI=1S/C45H28N2O/c46-29-30-10-8-11-32(24-30)38-16-4-5-17-39(38)33-12-9-15-36(25-33)47(35-13-2-1-3-14-35)37-23-22-31-20-21-34-26-45-43(28-42(34)41(31)27-37)40-18-6-7-19-44(40)48-45/h1-28H. The molecule has 0 aliphatic heterocycles. The molecule has 0 aliphatic carbocycles. The van der Waals surface area contributed by atoms with E-state index >= 15 is 0 Å². The highest BCUT2D eigenvalue weighted by Gasteiger charge is 2.17. The molecule has 9 aromatic rings. The summed E-state index contributed by atoms with van der Waals surface area (Å²) in [6, 6.07) is 61.6. The van der Waals surface area contributed by atoms with Crippen molar-refractivity contribution in [3.8, 4) is 28.3 Å². The second-order valence-electron chi connectivity index (χ2n) is 12.1. The van der Waals surface area contributed by atoms with E-state index in [9.17, 15) is 5.26 Å². The van der Waals surface area contributed by atoms with E-state index in [1.54, 1.807) is 0 Å². The number of para-hydroxylation sites is 2. The zero-order valence-electron chi connectivity index (χ0n) is 26.0. The van der Waals surface area contributed by atoms with E-state index < -0.39 is 0 Å². The summed E-state index contributed by atoms with van der Waals surface area (Å²) in [7, 11) is 0. The van der Waals surface area contributed by atoms with Crippen molar-refractivity contribution in [2.75, 3.05) is 4.90 Å². The van der Waals surface area contributed by atoms with Gasteiger partial charge in [-0.25, -0.2) is 0 Å². The first-order chi connectivity index (χ1) is 23.7. The predicted molar refractivity (Wildman–Crippen MR) is 199 cm³/mol. The Morgan fingerprint density at radius 2 is 1.06 bits per heavy atom. The van der Waals surface area contributed by atoms with E-state index in [1.165, 1.54) is 16.2 Å². The number of benzene rings is 8. The Hall–Kier alpha value is -6.63. The molecule has 0 N–H and O–H groups in total. The molecule has 9 rings (SSSR count). The Morgan fingerprint density at radius 1 is 0.417 bits per heavy atom. The van der Waals surface area contributed by atoms with Crippen LogP contribution in [0.3, 0.4) is 0 Å². The van der Waals surface area contributed by atoms with Gasteiger partial charge in [-0.2, -0.15) is 5.26 Å².